The molecule has 4 nitrogen and oxygen atoms in total. The number of nitrogens with zero attached hydrogens (tertiary/aromatic N) is 2. The maximum atomic E-state index is 4.95. The van der Waals surface area contributed by atoms with Gasteiger partial charge in [-0.05, 0) is 24.3 Å². The molecule has 0 amide bonds. The molecule has 0 radical (unpaired) electrons. The van der Waals surface area contributed by atoms with Gasteiger partial charge in [-0.15, -0.1) is 12.8 Å². The Kier molecular flexibility index (Phi) is 6.68. The van der Waals surface area contributed by atoms with Crippen molar-refractivity contribution in [3.05, 3.63) is 66.6 Å². The molecule has 0 aliphatic heterocycles. The van der Waals surface area contributed by atoms with Crippen LogP contribution in [0.25, 0.3) is 22.1 Å². The SMILES string of the molecule is [Cl][V]([Cl])[Cl].c1ccc2[nH]c(C[CH-]Cc3nc4ccccc4[nH]3)nc2c1. The smallest absolute Gasteiger partial charge is 0.0884 e. The average Bonchev–Trinajstić information content (AvgIpc) is 3.16. The molecule has 0 saturated carbocycles. The molecular weight excluding hydrogens is 418 g/mol. The maximum Gasteiger partial charge on any atom is 0.0884 e. The van der Waals surface area contributed by atoms with Gasteiger partial charge in [-0.25, -0.2) is 9.97 Å². The zero-order chi connectivity index (χ0) is 17.6. The van der Waals surface area contributed by atoms with E-state index in [-0.39, 0.29) is 0 Å². The monoisotopic (exact) mass is 431 g/mol. The van der Waals surface area contributed by atoms with E-state index in [1.54, 1.807) is 0 Å². The van der Waals surface area contributed by atoms with Crippen LogP contribution in [0.2, 0.25) is 0 Å². The number of hydrogen-bond donors (Lipinski definition) is 2. The van der Waals surface area contributed by atoms with E-state index in [1.165, 1.54) is 0 Å². The average molecular weight is 433 g/mol. The van der Waals surface area contributed by atoms with Crippen LogP contribution in [0.4, 0.5) is 0 Å². The van der Waals surface area contributed by atoms with E-state index < -0.39 is 12.3 Å². The first kappa shape index (κ1) is 18.6. The molecule has 2 N–H and O–H groups in total. The summed E-state index contributed by atoms with van der Waals surface area (Å²) in [5.41, 5.74) is 4.21. The Hall–Kier alpha value is -1.17. The number of imidazole rings is 2. The number of halogens is 3. The van der Waals surface area contributed by atoms with E-state index >= 15 is 0 Å². The van der Waals surface area contributed by atoms with Gasteiger partial charge in [0.2, 0.25) is 0 Å². The van der Waals surface area contributed by atoms with Gasteiger partial charge >= 0.3 is 41.8 Å². The third-order valence-corrected chi connectivity index (χ3v) is 3.55. The van der Waals surface area contributed by atoms with Crippen LogP contribution in [0.5, 0.6) is 0 Å². The van der Waals surface area contributed by atoms with E-state index in [4.69, 9.17) is 29.5 Å². The van der Waals surface area contributed by atoms with Crippen LogP contribution in [0.15, 0.2) is 48.5 Å². The van der Waals surface area contributed by atoms with Crippen LogP contribution in [0.3, 0.4) is 0 Å². The number of hydrogen-bond acceptors (Lipinski definition) is 2. The molecule has 25 heavy (non-hydrogen) atoms. The van der Waals surface area contributed by atoms with Gasteiger partial charge in [0.15, 0.2) is 0 Å². The molecule has 0 bridgehead atoms. The van der Waals surface area contributed by atoms with Crippen molar-refractivity contribution in [1.29, 1.82) is 0 Å². The predicted molar refractivity (Wildman–Crippen MR) is 101 cm³/mol. The first-order valence-corrected chi connectivity index (χ1v) is 13.3. The minimum absolute atomic E-state index is 0.811. The number of H-pyrrole nitrogens is 2. The van der Waals surface area contributed by atoms with E-state index in [2.05, 4.69) is 26.4 Å². The Morgan fingerprint density at radius 1 is 0.760 bits per heavy atom. The second-order valence-electron chi connectivity index (χ2n) is 5.29. The Bertz CT molecular complexity index is 808. The molecule has 2 heterocycles. The molecular formula is C17H15Cl3N4V-. The van der Waals surface area contributed by atoms with E-state index in [0.717, 1.165) is 46.6 Å². The summed E-state index contributed by atoms with van der Waals surface area (Å²) in [5, 5.41) is 0. The molecule has 0 aliphatic carbocycles. The van der Waals surface area contributed by atoms with Gasteiger partial charge < -0.3 is 16.4 Å². The zero-order valence-electron chi connectivity index (χ0n) is 13.1. The van der Waals surface area contributed by atoms with Crippen molar-refractivity contribution in [3.8, 4) is 0 Å². The molecule has 2 aromatic heterocycles. The predicted octanol–water partition coefficient (Wildman–Crippen LogP) is 5.49. The van der Waals surface area contributed by atoms with Crippen molar-refractivity contribution in [2.75, 3.05) is 0 Å². The Balaban J connectivity index is 0.000000415. The quantitative estimate of drug-likeness (QED) is 0.419. The summed E-state index contributed by atoms with van der Waals surface area (Å²) in [6.07, 6.45) is 3.81. The summed E-state index contributed by atoms with van der Waals surface area (Å²) < 4.78 is 0. The van der Waals surface area contributed by atoms with Crippen LogP contribution < -0.4 is 0 Å². The van der Waals surface area contributed by atoms with E-state index in [1.807, 2.05) is 48.5 Å². The van der Waals surface area contributed by atoms with Gasteiger partial charge in [0.05, 0.1) is 33.7 Å². The van der Waals surface area contributed by atoms with Crippen LogP contribution in [-0.4, -0.2) is 19.9 Å². The van der Waals surface area contributed by atoms with E-state index in [0.29, 0.717) is 0 Å². The summed E-state index contributed by atoms with van der Waals surface area (Å²) in [6.45, 7) is 0. The molecule has 0 fully saturated rings. The van der Waals surface area contributed by atoms with Crippen LogP contribution in [-0.2, 0) is 25.1 Å². The fraction of sp³-hybridized carbons (Fsp3) is 0.118. The molecule has 4 rings (SSSR count). The number of nitrogens with one attached hydrogen (secondary N) is 2. The van der Waals surface area contributed by atoms with Gasteiger partial charge in [0.1, 0.15) is 0 Å². The Morgan fingerprint density at radius 2 is 1.16 bits per heavy atom. The number of aromatic nitrogens is 4. The summed E-state index contributed by atoms with van der Waals surface area (Å²) in [7, 11) is 14.9. The summed E-state index contributed by atoms with van der Waals surface area (Å²) >= 11 is -1.77. The second-order valence-corrected chi connectivity index (χ2v) is 12.2. The second kappa shape index (κ2) is 8.97. The van der Waals surface area contributed by atoms with Crippen molar-refractivity contribution in [2.45, 2.75) is 12.8 Å². The minimum Gasteiger partial charge on any atom is -0.344 e. The standard InChI is InChI=1S/C17H15N4.3ClH.V/c1-2-7-13-12(6-1)18-16(19-13)10-5-11-17-20-14-8-3-4-9-15(14)21-17;;;;/h1-9H,10-11H2,(H,18,19)(H,20,21);3*1H;/q-1;;;;+3/p-3. The summed E-state index contributed by atoms with van der Waals surface area (Å²) in [6, 6.07) is 16.2. The van der Waals surface area contributed by atoms with Crippen molar-refractivity contribution in [2.24, 2.45) is 0 Å². The van der Waals surface area contributed by atoms with Crippen molar-refractivity contribution < 1.29 is 12.3 Å². The molecule has 0 atom stereocenters. The first-order valence-electron chi connectivity index (χ1n) is 7.58. The minimum atomic E-state index is -1.77. The van der Waals surface area contributed by atoms with Gasteiger partial charge in [-0.2, -0.15) is 0 Å². The summed E-state index contributed by atoms with van der Waals surface area (Å²) in [5.74, 6) is 1.99. The third-order valence-electron chi connectivity index (χ3n) is 3.55. The van der Waals surface area contributed by atoms with Crippen molar-refractivity contribution in [3.63, 3.8) is 0 Å². The molecule has 0 aliphatic rings. The number of aromatic amines is 2. The number of fused-ring (bicyclic) bond motifs is 2. The van der Waals surface area contributed by atoms with Crippen molar-refractivity contribution in [1.82, 2.24) is 19.9 Å². The topological polar surface area (TPSA) is 57.4 Å². The summed E-state index contributed by atoms with van der Waals surface area (Å²) in [4.78, 5) is 15.8. The largest absolute Gasteiger partial charge is 0.344 e. The third kappa shape index (κ3) is 5.40. The van der Waals surface area contributed by atoms with Crippen molar-refractivity contribution >= 4 is 51.6 Å². The molecule has 2 aromatic carbocycles. The molecule has 4 aromatic rings. The Morgan fingerprint density at radius 3 is 1.56 bits per heavy atom. The zero-order valence-corrected chi connectivity index (χ0v) is 16.8. The van der Waals surface area contributed by atoms with Crippen LogP contribution in [0, 0.1) is 6.42 Å². The first-order chi connectivity index (χ1) is 12.1. The van der Waals surface area contributed by atoms with Crippen LogP contribution in [0.1, 0.15) is 11.6 Å². The van der Waals surface area contributed by atoms with Gasteiger partial charge in [-0.1, -0.05) is 24.3 Å². The number of rotatable bonds is 4. The van der Waals surface area contributed by atoms with Gasteiger partial charge in [0.25, 0.3) is 0 Å². The number of para-hydroxylation sites is 4. The number of benzene rings is 2. The fourth-order valence-corrected chi connectivity index (χ4v) is 2.55. The van der Waals surface area contributed by atoms with E-state index in [9.17, 15) is 0 Å². The maximum absolute atomic E-state index is 4.95. The molecule has 0 saturated heterocycles. The molecule has 0 spiro atoms. The normalized spacial score (nSPS) is 11.0. The van der Waals surface area contributed by atoms with Crippen LogP contribution >= 0.6 is 29.5 Å². The molecule has 0 unspecified atom stereocenters. The Labute approximate surface area is 162 Å². The van der Waals surface area contributed by atoms with Gasteiger partial charge in [0, 0.05) is 0 Å². The molecule has 130 valence electrons. The molecule has 8 heteroatoms. The fourth-order valence-electron chi connectivity index (χ4n) is 2.55. The van der Waals surface area contributed by atoms with Gasteiger partial charge in [-0.3, -0.25) is 0 Å².